The van der Waals surface area contributed by atoms with Crippen LogP contribution >= 0.6 is 11.8 Å². The molecule has 0 aliphatic carbocycles. The second kappa shape index (κ2) is 6.81. The lowest BCUT2D eigenvalue weighted by Gasteiger charge is -2.10. The normalized spacial score (nSPS) is 15.3. The van der Waals surface area contributed by atoms with Crippen molar-refractivity contribution < 1.29 is 13.5 Å². The highest BCUT2D eigenvalue weighted by Crippen LogP contribution is 2.43. The van der Waals surface area contributed by atoms with Crippen LogP contribution in [0, 0.1) is 5.82 Å². The molecular formula is C17H15ClFN5O2. The minimum atomic E-state index is -0.312. The molecule has 9 heteroatoms. The number of benzene rings is 2. The van der Waals surface area contributed by atoms with Crippen molar-refractivity contribution in [2.75, 3.05) is 17.7 Å². The summed E-state index contributed by atoms with van der Waals surface area (Å²) in [5.41, 5.74) is 3.13. The minimum absolute atomic E-state index is 0.284. The molecule has 7 nitrogen and oxygen atoms in total. The summed E-state index contributed by atoms with van der Waals surface area (Å²) in [6.45, 7) is 0. The Morgan fingerprint density at radius 2 is 2.00 bits per heavy atom. The Morgan fingerprint density at radius 1 is 1.19 bits per heavy atom. The fourth-order valence-corrected chi connectivity index (χ4v) is 2.94. The Kier molecular flexibility index (Phi) is 4.36. The predicted molar refractivity (Wildman–Crippen MR) is 95.5 cm³/mol. The molecule has 0 saturated heterocycles. The van der Waals surface area contributed by atoms with E-state index in [-0.39, 0.29) is 12.1 Å². The van der Waals surface area contributed by atoms with Crippen LogP contribution in [0.1, 0.15) is 11.5 Å². The number of methoxy groups -OCH3 is 1. The van der Waals surface area contributed by atoms with E-state index >= 15 is 0 Å². The molecule has 3 N–H and O–H groups in total. The number of nitrogens with one attached hydrogen (secondary N) is 3. The van der Waals surface area contributed by atoms with Crippen molar-refractivity contribution >= 4 is 23.2 Å². The average Bonchev–Trinajstić information content (AvgIpc) is 3.29. The van der Waals surface area contributed by atoms with Gasteiger partial charge in [-0.3, -0.25) is 0 Å². The Labute approximate surface area is 153 Å². The number of hydrogen-bond donors (Lipinski definition) is 3. The predicted octanol–water partition coefficient (Wildman–Crippen LogP) is 3.34. The topological polar surface area (TPSA) is 84.2 Å². The molecule has 1 aliphatic rings. The van der Waals surface area contributed by atoms with Crippen LogP contribution < -0.4 is 20.2 Å². The number of ether oxygens (including phenoxy) is 1. The van der Waals surface area contributed by atoms with Gasteiger partial charge in [-0.15, -0.1) is 10.2 Å². The maximum atomic E-state index is 13.0. The lowest BCUT2D eigenvalue weighted by atomic mass is 10.1. The van der Waals surface area contributed by atoms with Gasteiger partial charge in [0.05, 0.1) is 24.8 Å². The summed E-state index contributed by atoms with van der Waals surface area (Å²) in [5, 5.41) is 14.5. The summed E-state index contributed by atoms with van der Waals surface area (Å²) in [5.74, 6) is 1.06. The molecular weight excluding hydrogens is 361 g/mol. The molecule has 26 heavy (non-hydrogen) atoms. The van der Waals surface area contributed by atoms with Crippen molar-refractivity contribution in [2.45, 2.75) is 12.7 Å². The second-order valence-corrected chi connectivity index (χ2v) is 5.92. The van der Waals surface area contributed by atoms with Crippen LogP contribution in [0.5, 0.6) is 5.75 Å². The molecule has 0 spiro atoms. The summed E-state index contributed by atoms with van der Waals surface area (Å²) in [6.07, 6.45) is 0.103. The third-order valence-corrected chi connectivity index (χ3v) is 4.24. The quantitative estimate of drug-likeness (QED) is 0.590. The number of fused-ring (bicyclic) bond motifs is 1. The smallest absolute Gasteiger partial charge is 0.251 e. The van der Waals surface area contributed by atoms with Gasteiger partial charge in [-0.2, -0.15) is 4.84 Å². The van der Waals surface area contributed by atoms with Crippen LogP contribution in [0.2, 0.25) is 0 Å². The highest BCUT2D eigenvalue weighted by molar-refractivity contribution is 6.14. The molecule has 0 radical (unpaired) electrons. The zero-order valence-corrected chi connectivity index (χ0v) is 14.5. The first kappa shape index (κ1) is 16.6. The summed E-state index contributed by atoms with van der Waals surface area (Å²) >= 11 is 5.66. The number of aromatic nitrogens is 2. The molecule has 2 aromatic carbocycles. The monoisotopic (exact) mass is 375 g/mol. The molecule has 1 aliphatic heterocycles. The average molecular weight is 376 g/mol. The molecule has 3 aromatic rings. The van der Waals surface area contributed by atoms with Gasteiger partial charge in [-0.1, -0.05) is 12.1 Å². The third kappa shape index (κ3) is 3.04. The van der Waals surface area contributed by atoms with Crippen LogP contribution in [0.25, 0.3) is 11.5 Å². The first-order valence-electron chi connectivity index (χ1n) is 7.85. The van der Waals surface area contributed by atoms with Crippen molar-refractivity contribution in [3.05, 3.63) is 53.7 Å². The number of rotatable bonds is 5. The Morgan fingerprint density at radius 3 is 2.73 bits per heavy atom. The molecule has 1 atom stereocenters. The largest absolute Gasteiger partial charge is 0.494 e. The first-order chi connectivity index (χ1) is 12.7. The number of nitrogens with zero attached hydrogens (tertiary/aromatic N) is 2. The maximum Gasteiger partial charge on any atom is 0.251 e. The minimum Gasteiger partial charge on any atom is -0.494 e. The van der Waals surface area contributed by atoms with Crippen molar-refractivity contribution in [3.63, 3.8) is 0 Å². The lowest BCUT2D eigenvalue weighted by molar-refractivity contribution is 0.415. The van der Waals surface area contributed by atoms with E-state index in [0.717, 1.165) is 16.9 Å². The van der Waals surface area contributed by atoms with Crippen LogP contribution in [-0.4, -0.2) is 23.6 Å². The van der Waals surface area contributed by atoms with E-state index in [9.17, 15) is 4.39 Å². The van der Waals surface area contributed by atoms with E-state index in [0.29, 0.717) is 29.5 Å². The number of halogens is 2. The molecule has 4 rings (SSSR count). The van der Waals surface area contributed by atoms with Crippen LogP contribution in [0.15, 0.2) is 40.8 Å². The Hall–Kier alpha value is -2.84. The van der Waals surface area contributed by atoms with Gasteiger partial charge in [0.15, 0.2) is 12.0 Å². The Balaban J connectivity index is 1.63. The van der Waals surface area contributed by atoms with Crippen molar-refractivity contribution in [1.29, 1.82) is 0 Å². The summed E-state index contributed by atoms with van der Waals surface area (Å²) in [4.78, 5) is 2.57. The van der Waals surface area contributed by atoms with Crippen LogP contribution in [0.4, 0.5) is 15.8 Å². The van der Waals surface area contributed by atoms with E-state index in [1.165, 1.54) is 12.1 Å². The van der Waals surface area contributed by atoms with Crippen molar-refractivity contribution in [2.24, 2.45) is 0 Å². The second-order valence-electron chi connectivity index (χ2n) is 5.70. The molecule has 0 saturated carbocycles. The number of anilines is 2. The van der Waals surface area contributed by atoms with Crippen LogP contribution in [-0.2, 0) is 6.42 Å². The summed E-state index contributed by atoms with van der Waals surface area (Å²) in [6, 6.07) is 9.87. The van der Waals surface area contributed by atoms with E-state index in [2.05, 4.69) is 25.7 Å². The van der Waals surface area contributed by atoms with Gasteiger partial charge in [-0.25, -0.2) is 4.39 Å². The van der Waals surface area contributed by atoms with Gasteiger partial charge >= 0.3 is 0 Å². The molecule has 1 aromatic heterocycles. The zero-order valence-electron chi connectivity index (χ0n) is 13.7. The molecule has 0 amide bonds. The SMILES string of the molecule is COc1c(-c2nnc(Cc3ccc(F)cc3)o2)ccc2c1NC(NCl)N2. The van der Waals surface area contributed by atoms with E-state index in [1.54, 1.807) is 19.2 Å². The molecule has 0 fully saturated rings. The van der Waals surface area contributed by atoms with Crippen LogP contribution in [0.3, 0.4) is 0 Å². The fourth-order valence-electron chi connectivity index (χ4n) is 2.83. The third-order valence-electron chi connectivity index (χ3n) is 4.03. The first-order valence-corrected chi connectivity index (χ1v) is 8.23. The van der Waals surface area contributed by atoms with E-state index in [4.69, 9.17) is 20.9 Å². The summed E-state index contributed by atoms with van der Waals surface area (Å²) < 4.78 is 24.3. The summed E-state index contributed by atoms with van der Waals surface area (Å²) in [7, 11) is 1.57. The van der Waals surface area contributed by atoms with Gasteiger partial charge in [0, 0.05) is 0 Å². The molecule has 1 unspecified atom stereocenters. The molecule has 0 bridgehead atoms. The van der Waals surface area contributed by atoms with Gasteiger partial charge in [0.25, 0.3) is 5.89 Å². The highest BCUT2D eigenvalue weighted by Gasteiger charge is 2.26. The van der Waals surface area contributed by atoms with Gasteiger partial charge in [0.1, 0.15) is 11.5 Å². The van der Waals surface area contributed by atoms with Gasteiger partial charge in [-0.05, 0) is 41.6 Å². The number of hydrogen-bond acceptors (Lipinski definition) is 7. The standard InChI is InChI=1S/C17H15ClFN5O2/c1-25-15-11(6-7-12-14(15)21-17(20-12)22-18)16-24-23-13(26-16)8-9-2-4-10(19)5-3-9/h2-7,17,20-22H,8H2,1H3. The highest BCUT2D eigenvalue weighted by atomic mass is 35.5. The van der Waals surface area contributed by atoms with E-state index in [1.807, 2.05) is 12.1 Å². The van der Waals surface area contributed by atoms with Crippen molar-refractivity contribution in [1.82, 2.24) is 15.0 Å². The fraction of sp³-hybridized carbons (Fsp3) is 0.176. The Bertz CT molecular complexity index is 931. The maximum absolute atomic E-state index is 13.0. The molecule has 134 valence electrons. The molecule has 2 heterocycles. The lowest BCUT2D eigenvalue weighted by Crippen LogP contribution is -2.32. The van der Waals surface area contributed by atoms with Gasteiger partial charge < -0.3 is 19.8 Å². The van der Waals surface area contributed by atoms with Crippen molar-refractivity contribution in [3.8, 4) is 17.2 Å². The van der Waals surface area contributed by atoms with E-state index < -0.39 is 0 Å². The van der Waals surface area contributed by atoms with Gasteiger partial charge in [0.2, 0.25) is 5.89 Å². The zero-order chi connectivity index (χ0) is 18.1.